The van der Waals surface area contributed by atoms with Crippen LogP contribution in [-0.2, 0) is 18.4 Å². The lowest BCUT2D eigenvalue weighted by Crippen LogP contribution is -2.15. The maximum atomic E-state index is 13.0. The fraction of sp³-hybridized carbons (Fsp3) is 0.333. The normalized spacial score (nSPS) is 13.5. The predicted molar refractivity (Wildman–Crippen MR) is 130 cm³/mol. The van der Waals surface area contributed by atoms with Gasteiger partial charge in [-0.1, -0.05) is 39.0 Å². The van der Waals surface area contributed by atoms with Crippen molar-refractivity contribution in [3.05, 3.63) is 83.2 Å². The number of carbonyl (C=O) groups is 1. The molecule has 2 N–H and O–H groups in total. The van der Waals surface area contributed by atoms with E-state index in [-0.39, 0.29) is 11.3 Å². The minimum absolute atomic E-state index is 0.0471. The van der Waals surface area contributed by atoms with Gasteiger partial charge in [-0.2, -0.15) is 0 Å². The summed E-state index contributed by atoms with van der Waals surface area (Å²) < 4.78 is 6.11. The predicted octanol–water partition coefficient (Wildman–Crippen LogP) is 5.96. The molecule has 2 aromatic carbocycles. The van der Waals surface area contributed by atoms with Crippen LogP contribution in [0.25, 0.3) is 0 Å². The summed E-state index contributed by atoms with van der Waals surface area (Å²) in [6, 6.07) is 17.6. The van der Waals surface area contributed by atoms with Gasteiger partial charge in [-0.15, -0.1) is 0 Å². The van der Waals surface area contributed by atoms with Gasteiger partial charge >= 0.3 is 0 Å². The number of fused-ring (bicyclic) bond motifs is 1. The van der Waals surface area contributed by atoms with E-state index in [1.54, 1.807) is 6.20 Å². The number of carbonyl (C=O) groups excluding carboxylic acids is 1. The molecule has 3 aromatic rings. The summed E-state index contributed by atoms with van der Waals surface area (Å²) in [6.07, 6.45) is 4.98. The Balaban J connectivity index is 1.59. The van der Waals surface area contributed by atoms with Crippen LogP contribution in [0.2, 0.25) is 0 Å². The molecule has 0 radical (unpaired) electrons. The first-order valence-corrected chi connectivity index (χ1v) is 11.3. The standard InChI is InChI=1S/C27H31N3O2/c1-27(2,3)21-12-10-19(11-13-21)26(31)30-24-16-20-8-4-6-15-29-23(20)17-25(24)32-18-22-9-5-7-14-28-22/h5,7,9-14,16-17,29H,4,6,8,15,18H2,1-3H3,(H,30,31). The summed E-state index contributed by atoms with van der Waals surface area (Å²) in [6.45, 7) is 7.77. The van der Waals surface area contributed by atoms with Gasteiger partial charge in [0.25, 0.3) is 5.91 Å². The summed E-state index contributed by atoms with van der Waals surface area (Å²) in [5.74, 6) is 0.498. The van der Waals surface area contributed by atoms with Gasteiger partial charge in [-0.3, -0.25) is 9.78 Å². The Labute approximate surface area is 190 Å². The third kappa shape index (κ3) is 5.28. The van der Waals surface area contributed by atoms with E-state index >= 15 is 0 Å². The number of amides is 1. The number of nitrogens with zero attached hydrogens (tertiary/aromatic N) is 1. The van der Waals surface area contributed by atoms with Gasteiger partial charge in [0.15, 0.2) is 0 Å². The summed E-state index contributed by atoms with van der Waals surface area (Å²) in [5.41, 5.74) is 5.67. The van der Waals surface area contributed by atoms with Crippen LogP contribution in [0.1, 0.15) is 60.8 Å². The van der Waals surface area contributed by atoms with Crippen molar-refractivity contribution < 1.29 is 9.53 Å². The molecule has 1 aliphatic rings. The van der Waals surface area contributed by atoms with Crippen LogP contribution >= 0.6 is 0 Å². The Morgan fingerprint density at radius 3 is 2.62 bits per heavy atom. The quantitative estimate of drug-likeness (QED) is 0.525. The van der Waals surface area contributed by atoms with E-state index in [2.05, 4.69) is 36.4 Å². The van der Waals surface area contributed by atoms with Crippen LogP contribution < -0.4 is 15.4 Å². The number of benzene rings is 2. The second kappa shape index (κ2) is 9.43. The lowest BCUT2D eigenvalue weighted by atomic mass is 9.87. The van der Waals surface area contributed by atoms with E-state index in [9.17, 15) is 4.79 Å². The number of hydrogen-bond acceptors (Lipinski definition) is 4. The lowest BCUT2D eigenvalue weighted by molar-refractivity contribution is 0.102. The average Bonchev–Trinajstić information content (AvgIpc) is 3.02. The van der Waals surface area contributed by atoms with Crippen molar-refractivity contribution in [3.63, 3.8) is 0 Å². The van der Waals surface area contributed by atoms with Gasteiger partial charge in [0.1, 0.15) is 12.4 Å². The molecule has 5 heteroatoms. The number of rotatable bonds is 5. The van der Waals surface area contributed by atoms with Crippen LogP contribution in [0.5, 0.6) is 5.75 Å². The molecule has 0 aliphatic carbocycles. The second-order valence-electron chi connectivity index (χ2n) is 9.28. The molecule has 0 saturated carbocycles. The van der Waals surface area contributed by atoms with Crippen LogP contribution in [0, 0.1) is 0 Å². The highest BCUT2D eigenvalue weighted by Crippen LogP contribution is 2.35. The number of ether oxygens (including phenoxy) is 1. The molecule has 1 amide bonds. The summed E-state index contributed by atoms with van der Waals surface area (Å²) >= 11 is 0. The van der Waals surface area contributed by atoms with E-state index < -0.39 is 0 Å². The van der Waals surface area contributed by atoms with Crippen molar-refractivity contribution in [3.8, 4) is 5.75 Å². The topological polar surface area (TPSA) is 63.2 Å². The molecule has 0 fully saturated rings. The van der Waals surface area contributed by atoms with Crippen molar-refractivity contribution in [2.45, 2.75) is 52.1 Å². The Kier molecular flexibility index (Phi) is 6.45. The average molecular weight is 430 g/mol. The lowest BCUT2D eigenvalue weighted by Gasteiger charge is -2.19. The molecule has 4 rings (SSSR count). The Hall–Kier alpha value is -3.34. The molecular weight excluding hydrogens is 398 g/mol. The molecule has 2 heterocycles. The van der Waals surface area contributed by atoms with Crippen molar-refractivity contribution in [2.24, 2.45) is 0 Å². The van der Waals surface area contributed by atoms with E-state index in [0.29, 0.717) is 23.6 Å². The van der Waals surface area contributed by atoms with E-state index in [1.165, 1.54) is 11.1 Å². The molecule has 1 aromatic heterocycles. The van der Waals surface area contributed by atoms with Crippen LogP contribution in [0.15, 0.2) is 60.8 Å². The first-order valence-electron chi connectivity index (χ1n) is 11.3. The SMILES string of the molecule is CC(C)(C)c1ccc(C(=O)Nc2cc3c(cc2OCc2ccccn2)NCCCC3)cc1. The number of anilines is 2. The molecule has 0 saturated heterocycles. The van der Waals surface area contributed by atoms with E-state index in [0.717, 1.165) is 37.2 Å². The number of aromatic nitrogens is 1. The maximum Gasteiger partial charge on any atom is 0.255 e. The fourth-order valence-corrected chi connectivity index (χ4v) is 3.83. The van der Waals surface area contributed by atoms with Crippen LogP contribution in [0.3, 0.4) is 0 Å². The number of hydrogen-bond donors (Lipinski definition) is 2. The highest BCUT2D eigenvalue weighted by Gasteiger charge is 2.18. The Bertz CT molecular complexity index is 1070. The molecular formula is C27H31N3O2. The first-order chi connectivity index (χ1) is 15.4. The third-order valence-electron chi connectivity index (χ3n) is 5.76. The first kappa shape index (κ1) is 21.9. The number of aryl methyl sites for hydroxylation is 1. The second-order valence-corrected chi connectivity index (χ2v) is 9.28. The van der Waals surface area contributed by atoms with E-state index in [4.69, 9.17) is 4.74 Å². The smallest absolute Gasteiger partial charge is 0.255 e. The minimum atomic E-state index is -0.144. The molecule has 0 spiro atoms. The Morgan fingerprint density at radius 2 is 1.91 bits per heavy atom. The fourth-order valence-electron chi connectivity index (χ4n) is 3.83. The molecule has 32 heavy (non-hydrogen) atoms. The van der Waals surface area contributed by atoms with Gasteiger partial charge in [0.2, 0.25) is 0 Å². The van der Waals surface area contributed by atoms with Crippen LogP contribution in [0.4, 0.5) is 11.4 Å². The molecule has 5 nitrogen and oxygen atoms in total. The largest absolute Gasteiger partial charge is 0.485 e. The summed E-state index contributed by atoms with van der Waals surface area (Å²) in [4.78, 5) is 17.4. The molecule has 1 aliphatic heterocycles. The van der Waals surface area contributed by atoms with Crippen molar-refractivity contribution >= 4 is 17.3 Å². The van der Waals surface area contributed by atoms with Gasteiger partial charge in [0.05, 0.1) is 11.4 Å². The van der Waals surface area contributed by atoms with Crippen molar-refractivity contribution in [1.29, 1.82) is 0 Å². The molecule has 0 unspecified atom stereocenters. The van der Waals surface area contributed by atoms with Gasteiger partial charge < -0.3 is 15.4 Å². The Morgan fingerprint density at radius 1 is 1.09 bits per heavy atom. The van der Waals surface area contributed by atoms with Gasteiger partial charge in [0, 0.05) is 30.1 Å². The number of pyridine rings is 1. The highest BCUT2D eigenvalue weighted by molar-refractivity contribution is 6.05. The molecule has 0 atom stereocenters. The monoisotopic (exact) mass is 429 g/mol. The molecule has 166 valence electrons. The van der Waals surface area contributed by atoms with Gasteiger partial charge in [-0.05, 0) is 66.1 Å². The zero-order chi connectivity index (χ0) is 22.6. The molecule has 0 bridgehead atoms. The van der Waals surface area contributed by atoms with Crippen LogP contribution in [-0.4, -0.2) is 17.4 Å². The summed E-state index contributed by atoms with van der Waals surface area (Å²) in [5, 5.41) is 6.57. The number of nitrogens with one attached hydrogen (secondary N) is 2. The highest BCUT2D eigenvalue weighted by atomic mass is 16.5. The van der Waals surface area contributed by atoms with Gasteiger partial charge in [-0.25, -0.2) is 0 Å². The zero-order valence-corrected chi connectivity index (χ0v) is 19.1. The summed E-state index contributed by atoms with van der Waals surface area (Å²) in [7, 11) is 0. The minimum Gasteiger partial charge on any atom is -0.485 e. The third-order valence-corrected chi connectivity index (χ3v) is 5.76. The van der Waals surface area contributed by atoms with Crippen molar-refractivity contribution in [2.75, 3.05) is 17.2 Å². The van der Waals surface area contributed by atoms with Crippen molar-refractivity contribution in [1.82, 2.24) is 4.98 Å². The van der Waals surface area contributed by atoms with E-state index in [1.807, 2.05) is 54.6 Å². The maximum absolute atomic E-state index is 13.0. The zero-order valence-electron chi connectivity index (χ0n) is 19.1.